The van der Waals surface area contributed by atoms with Crippen LogP contribution in [0.2, 0.25) is 0 Å². The summed E-state index contributed by atoms with van der Waals surface area (Å²) in [7, 11) is 0. The van der Waals surface area contributed by atoms with Crippen molar-refractivity contribution in [1.82, 2.24) is 5.16 Å². The van der Waals surface area contributed by atoms with Crippen LogP contribution in [0.4, 0.5) is 0 Å². The molecule has 0 amide bonds. The van der Waals surface area contributed by atoms with Gasteiger partial charge >= 0.3 is 0 Å². The van der Waals surface area contributed by atoms with Gasteiger partial charge in [-0.15, -0.1) is 0 Å². The molecule has 0 aliphatic heterocycles. The summed E-state index contributed by atoms with van der Waals surface area (Å²) in [6, 6.07) is 20.4. The molecule has 0 bridgehead atoms. The van der Waals surface area contributed by atoms with Crippen molar-refractivity contribution in [3.63, 3.8) is 0 Å². The molecule has 0 radical (unpaired) electrons. The minimum atomic E-state index is 0.420. The second-order valence-corrected chi connectivity index (χ2v) is 4.99. The first-order valence-electron chi connectivity index (χ1n) is 6.98. The topological polar surface area (TPSA) is 35.3 Å². The van der Waals surface area contributed by atoms with Crippen LogP contribution in [0.25, 0.3) is 0 Å². The standard InChI is InChI=1S/C18H17NO2/c1-14-11-17(19-21-14)13-20-18-10-6-5-9-16(18)12-15-7-3-2-4-8-15/h2-11H,12-13H2,1H3. The normalized spacial score (nSPS) is 10.5. The van der Waals surface area contributed by atoms with Crippen molar-refractivity contribution in [2.45, 2.75) is 20.0 Å². The van der Waals surface area contributed by atoms with Gasteiger partial charge in [0.25, 0.3) is 0 Å². The van der Waals surface area contributed by atoms with Crippen LogP contribution in [0, 0.1) is 6.92 Å². The lowest BCUT2D eigenvalue weighted by molar-refractivity contribution is 0.285. The molecule has 0 saturated heterocycles. The van der Waals surface area contributed by atoms with E-state index in [4.69, 9.17) is 9.26 Å². The molecular formula is C18H17NO2. The molecule has 21 heavy (non-hydrogen) atoms. The molecule has 1 heterocycles. The molecule has 2 aromatic carbocycles. The number of aromatic nitrogens is 1. The molecule has 0 atom stereocenters. The summed E-state index contributed by atoms with van der Waals surface area (Å²) < 4.78 is 10.9. The van der Waals surface area contributed by atoms with E-state index < -0.39 is 0 Å². The number of nitrogens with zero attached hydrogens (tertiary/aromatic N) is 1. The van der Waals surface area contributed by atoms with E-state index in [1.54, 1.807) is 0 Å². The van der Waals surface area contributed by atoms with Gasteiger partial charge < -0.3 is 9.26 Å². The molecule has 0 aliphatic rings. The maximum absolute atomic E-state index is 5.89. The molecule has 0 unspecified atom stereocenters. The Morgan fingerprint density at radius 1 is 1.00 bits per heavy atom. The van der Waals surface area contributed by atoms with Gasteiger partial charge in [-0.2, -0.15) is 0 Å². The largest absolute Gasteiger partial charge is 0.487 e. The highest BCUT2D eigenvalue weighted by atomic mass is 16.5. The Kier molecular flexibility index (Phi) is 4.01. The number of ether oxygens (including phenoxy) is 1. The number of aryl methyl sites for hydroxylation is 1. The number of hydrogen-bond donors (Lipinski definition) is 0. The molecule has 1 aromatic heterocycles. The summed E-state index contributed by atoms with van der Waals surface area (Å²) >= 11 is 0. The zero-order valence-electron chi connectivity index (χ0n) is 12.0. The molecule has 106 valence electrons. The zero-order chi connectivity index (χ0) is 14.5. The van der Waals surface area contributed by atoms with Gasteiger partial charge in [0.15, 0.2) is 0 Å². The molecular weight excluding hydrogens is 262 g/mol. The molecule has 3 heteroatoms. The smallest absolute Gasteiger partial charge is 0.134 e. The van der Waals surface area contributed by atoms with Crippen molar-refractivity contribution in [2.24, 2.45) is 0 Å². The van der Waals surface area contributed by atoms with Gasteiger partial charge in [0.1, 0.15) is 23.8 Å². The Balaban J connectivity index is 1.73. The fraction of sp³-hybridized carbons (Fsp3) is 0.167. The number of rotatable bonds is 5. The average molecular weight is 279 g/mol. The average Bonchev–Trinajstić information content (AvgIpc) is 2.93. The maximum Gasteiger partial charge on any atom is 0.134 e. The van der Waals surface area contributed by atoms with Gasteiger partial charge in [0, 0.05) is 12.5 Å². The second kappa shape index (κ2) is 6.27. The van der Waals surface area contributed by atoms with Crippen LogP contribution < -0.4 is 4.74 Å². The summed E-state index contributed by atoms with van der Waals surface area (Å²) in [5, 5.41) is 3.94. The molecule has 3 nitrogen and oxygen atoms in total. The summed E-state index contributed by atoms with van der Waals surface area (Å²) in [4.78, 5) is 0. The van der Waals surface area contributed by atoms with Crippen LogP contribution in [-0.2, 0) is 13.0 Å². The van der Waals surface area contributed by atoms with E-state index in [2.05, 4.69) is 35.5 Å². The van der Waals surface area contributed by atoms with Gasteiger partial charge in [-0.05, 0) is 24.1 Å². The predicted molar refractivity (Wildman–Crippen MR) is 81.3 cm³/mol. The van der Waals surface area contributed by atoms with Crippen molar-refractivity contribution in [2.75, 3.05) is 0 Å². The fourth-order valence-electron chi connectivity index (χ4n) is 2.24. The Morgan fingerprint density at radius 2 is 1.76 bits per heavy atom. The van der Waals surface area contributed by atoms with E-state index in [1.807, 2.05) is 37.3 Å². The van der Waals surface area contributed by atoms with Crippen molar-refractivity contribution < 1.29 is 9.26 Å². The van der Waals surface area contributed by atoms with Crippen LogP contribution in [0.5, 0.6) is 5.75 Å². The molecule has 0 aliphatic carbocycles. The van der Waals surface area contributed by atoms with Gasteiger partial charge in [0.2, 0.25) is 0 Å². The van der Waals surface area contributed by atoms with Crippen LogP contribution in [0.3, 0.4) is 0 Å². The highest BCUT2D eigenvalue weighted by Crippen LogP contribution is 2.22. The van der Waals surface area contributed by atoms with Crippen LogP contribution in [0.15, 0.2) is 65.2 Å². The minimum Gasteiger partial charge on any atom is -0.487 e. The summed E-state index contributed by atoms with van der Waals surface area (Å²) in [6.07, 6.45) is 0.856. The highest BCUT2D eigenvalue weighted by Gasteiger charge is 2.06. The lowest BCUT2D eigenvalue weighted by Gasteiger charge is -2.10. The monoisotopic (exact) mass is 279 g/mol. The Labute approximate surface area is 124 Å². The van der Waals surface area contributed by atoms with Crippen molar-refractivity contribution >= 4 is 0 Å². The van der Waals surface area contributed by atoms with Gasteiger partial charge in [-0.25, -0.2) is 0 Å². The predicted octanol–water partition coefficient (Wildman–Crippen LogP) is 4.15. The Hall–Kier alpha value is -2.55. The first-order valence-corrected chi connectivity index (χ1v) is 6.98. The van der Waals surface area contributed by atoms with E-state index in [-0.39, 0.29) is 0 Å². The van der Waals surface area contributed by atoms with Gasteiger partial charge in [0.05, 0.1) is 0 Å². The fourth-order valence-corrected chi connectivity index (χ4v) is 2.24. The third kappa shape index (κ3) is 3.51. The first kappa shape index (κ1) is 13.4. The van der Waals surface area contributed by atoms with Crippen molar-refractivity contribution in [3.05, 3.63) is 83.2 Å². The SMILES string of the molecule is Cc1cc(COc2ccccc2Cc2ccccc2)no1. The summed E-state index contributed by atoms with van der Waals surface area (Å²) in [5.74, 6) is 1.69. The summed E-state index contributed by atoms with van der Waals surface area (Å²) in [6.45, 7) is 2.29. The molecule has 3 aromatic rings. The number of benzene rings is 2. The molecule has 0 N–H and O–H groups in total. The van der Waals surface area contributed by atoms with Crippen molar-refractivity contribution in [1.29, 1.82) is 0 Å². The van der Waals surface area contributed by atoms with Crippen LogP contribution in [-0.4, -0.2) is 5.16 Å². The molecule has 0 spiro atoms. The minimum absolute atomic E-state index is 0.420. The number of para-hydroxylation sites is 1. The second-order valence-electron chi connectivity index (χ2n) is 4.99. The molecule has 3 rings (SSSR count). The number of hydrogen-bond acceptors (Lipinski definition) is 3. The van der Waals surface area contributed by atoms with E-state index in [0.717, 1.165) is 23.6 Å². The third-order valence-corrected chi connectivity index (χ3v) is 3.26. The molecule has 0 saturated carbocycles. The lowest BCUT2D eigenvalue weighted by Crippen LogP contribution is -1.99. The van der Waals surface area contributed by atoms with Crippen LogP contribution >= 0.6 is 0 Å². The quantitative estimate of drug-likeness (QED) is 0.703. The maximum atomic E-state index is 5.89. The van der Waals surface area contributed by atoms with Crippen LogP contribution in [0.1, 0.15) is 22.6 Å². The zero-order valence-corrected chi connectivity index (χ0v) is 12.0. The van der Waals surface area contributed by atoms with E-state index in [9.17, 15) is 0 Å². The van der Waals surface area contributed by atoms with E-state index >= 15 is 0 Å². The Bertz CT molecular complexity index is 704. The van der Waals surface area contributed by atoms with Gasteiger partial charge in [-0.1, -0.05) is 53.7 Å². The third-order valence-electron chi connectivity index (χ3n) is 3.26. The Morgan fingerprint density at radius 3 is 2.52 bits per heavy atom. The molecule has 0 fully saturated rings. The highest BCUT2D eigenvalue weighted by molar-refractivity contribution is 5.37. The van der Waals surface area contributed by atoms with Gasteiger partial charge in [-0.3, -0.25) is 0 Å². The summed E-state index contributed by atoms with van der Waals surface area (Å²) in [5.41, 5.74) is 3.25. The van der Waals surface area contributed by atoms with E-state index in [0.29, 0.717) is 6.61 Å². The van der Waals surface area contributed by atoms with E-state index in [1.165, 1.54) is 11.1 Å². The lowest BCUT2D eigenvalue weighted by atomic mass is 10.0. The first-order chi connectivity index (χ1) is 10.3. The van der Waals surface area contributed by atoms with Crippen molar-refractivity contribution in [3.8, 4) is 5.75 Å².